The van der Waals surface area contributed by atoms with Gasteiger partial charge in [0, 0.05) is 24.0 Å². The Hall–Kier alpha value is -0.670. The highest BCUT2D eigenvalue weighted by atomic mass is 35.5. The fourth-order valence-corrected chi connectivity index (χ4v) is 2.41. The zero-order valence-corrected chi connectivity index (χ0v) is 11.1. The van der Waals surface area contributed by atoms with Gasteiger partial charge in [-0.25, -0.2) is 8.78 Å². The number of halogens is 3. The molecular formula is C14H18ClF2N. The van der Waals surface area contributed by atoms with Crippen molar-refractivity contribution in [1.29, 1.82) is 0 Å². The van der Waals surface area contributed by atoms with Crippen molar-refractivity contribution in [3.05, 3.63) is 35.4 Å². The average Bonchev–Trinajstić information content (AvgIpc) is 2.28. The lowest BCUT2D eigenvalue weighted by atomic mass is 9.91. The van der Waals surface area contributed by atoms with Gasteiger partial charge in [-0.05, 0) is 37.9 Å². The second kappa shape index (κ2) is 6.48. The normalized spacial score (nSPS) is 16.0. The van der Waals surface area contributed by atoms with Gasteiger partial charge in [0.25, 0.3) is 0 Å². The fourth-order valence-electron chi connectivity index (χ4n) is 2.29. The van der Waals surface area contributed by atoms with Crippen LogP contribution >= 0.6 is 11.6 Å². The molecule has 0 unspecified atom stereocenters. The highest BCUT2D eigenvalue weighted by molar-refractivity contribution is 6.17. The summed E-state index contributed by atoms with van der Waals surface area (Å²) in [6.45, 7) is 1.15. The lowest BCUT2D eigenvalue weighted by Crippen LogP contribution is -2.40. The Morgan fingerprint density at radius 1 is 1.22 bits per heavy atom. The fraction of sp³-hybridized carbons (Fsp3) is 0.571. The molecule has 1 aliphatic rings. The molecule has 1 aromatic carbocycles. The van der Waals surface area contributed by atoms with Gasteiger partial charge in [-0.15, -0.1) is 11.6 Å². The van der Waals surface area contributed by atoms with Gasteiger partial charge in [-0.3, -0.25) is 4.90 Å². The molecule has 0 aromatic heterocycles. The minimum Gasteiger partial charge on any atom is -0.296 e. The first kappa shape index (κ1) is 13.8. The van der Waals surface area contributed by atoms with E-state index >= 15 is 0 Å². The molecule has 1 aliphatic carbocycles. The van der Waals surface area contributed by atoms with Crippen LogP contribution in [0.2, 0.25) is 0 Å². The second-order valence-corrected chi connectivity index (χ2v) is 5.18. The van der Waals surface area contributed by atoms with E-state index in [1.54, 1.807) is 0 Å². The van der Waals surface area contributed by atoms with Crippen LogP contribution in [0.3, 0.4) is 0 Å². The summed E-state index contributed by atoms with van der Waals surface area (Å²) in [5, 5.41) is 0. The molecule has 1 fully saturated rings. The SMILES string of the molecule is Fc1cccc(F)c1CN(CCCCl)C1CCC1. The first-order chi connectivity index (χ1) is 8.72. The highest BCUT2D eigenvalue weighted by Gasteiger charge is 2.26. The third-order valence-corrected chi connectivity index (χ3v) is 3.86. The second-order valence-electron chi connectivity index (χ2n) is 4.80. The maximum atomic E-state index is 13.6. The lowest BCUT2D eigenvalue weighted by molar-refractivity contribution is 0.117. The zero-order chi connectivity index (χ0) is 13.0. The van der Waals surface area contributed by atoms with Crippen LogP contribution in [0, 0.1) is 11.6 Å². The van der Waals surface area contributed by atoms with Gasteiger partial charge >= 0.3 is 0 Å². The molecule has 100 valence electrons. The quantitative estimate of drug-likeness (QED) is 0.710. The first-order valence-corrected chi connectivity index (χ1v) is 6.98. The topological polar surface area (TPSA) is 3.24 Å². The number of hydrogen-bond acceptors (Lipinski definition) is 1. The van der Waals surface area contributed by atoms with E-state index < -0.39 is 11.6 Å². The van der Waals surface area contributed by atoms with Gasteiger partial charge in [0.1, 0.15) is 11.6 Å². The van der Waals surface area contributed by atoms with Crippen LogP contribution in [0.15, 0.2) is 18.2 Å². The van der Waals surface area contributed by atoms with E-state index in [0.717, 1.165) is 25.8 Å². The van der Waals surface area contributed by atoms with E-state index in [9.17, 15) is 8.78 Å². The van der Waals surface area contributed by atoms with E-state index in [4.69, 9.17) is 11.6 Å². The van der Waals surface area contributed by atoms with Crippen molar-refractivity contribution in [3.63, 3.8) is 0 Å². The van der Waals surface area contributed by atoms with Crippen molar-refractivity contribution in [2.24, 2.45) is 0 Å². The molecule has 0 saturated heterocycles. The molecule has 4 heteroatoms. The highest BCUT2D eigenvalue weighted by Crippen LogP contribution is 2.27. The predicted molar refractivity (Wildman–Crippen MR) is 69.7 cm³/mol. The molecule has 2 rings (SSSR count). The summed E-state index contributed by atoms with van der Waals surface area (Å²) < 4.78 is 27.3. The molecule has 0 spiro atoms. The van der Waals surface area contributed by atoms with E-state index in [2.05, 4.69) is 4.90 Å². The van der Waals surface area contributed by atoms with Crippen molar-refractivity contribution in [2.45, 2.75) is 38.3 Å². The minimum absolute atomic E-state index is 0.180. The number of rotatable bonds is 6. The van der Waals surface area contributed by atoms with Crippen molar-refractivity contribution in [1.82, 2.24) is 4.90 Å². The molecule has 0 amide bonds. The Morgan fingerprint density at radius 3 is 2.39 bits per heavy atom. The predicted octanol–water partition coefficient (Wildman–Crippen LogP) is 3.95. The summed E-state index contributed by atoms with van der Waals surface area (Å²) in [5.74, 6) is -0.321. The largest absolute Gasteiger partial charge is 0.296 e. The van der Waals surface area contributed by atoms with Crippen molar-refractivity contribution >= 4 is 11.6 Å². The molecule has 1 saturated carbocycles. The summed E-state index contributed by atoms with van der Waals surface area (Å²) in [6, 6.07) is 4.51. The van der Waals surface area contributed by atoms with Crippen LogP contribution in [-0.2, 0) is 6.54 Å². The molecule has 0 aliphatic heterocycles. The van der Waals surface area contributed by atoms with Crippen molar-refractivity contribution in [3.8, 4) is 0 Å². The third-order valence-electron chi connectivity index (χ3n) is 3.59. The first-order valence-electron chi connectivity index (χ1n) is 6.45. The molecule has 1 nitrogen and oxygen atoms in total. The smallest absolute Gasteiger partial charge is 0.130 e. The summed E-state index contributed by atoms with van der Waals surface area (Å²) >= 11 is 5.70. The van der Waals surface area contributed by atoms with Crippen LogP contribution in [0.5, 0.6) is 0 Å². The van der Waals surface area contributed by atoms with E-state index in [1.807, 2.05) is 0 Å². The Balaban J connectivity index is 2.07. The molecule has 0 N–H and O–H groups in total. The van der Waals surface area contributed by atoms with Crippen molar-refractivity contribution < 1.29 is 8.78 Å². The molecule has 0 heterocycles. The zero-order valence-electron chi connectivity index (χ0n) is 10.3. The Morgan fingerprint density at radius 2 is 1.89 bits per heavy atom. The maximum Gasteiger partial charge on any atom is 0.130 e. The minimum atomic E-state index is -0.454. The van der Waals surface area contributed by atoms with Gasteiger partial charge < -0.3 is 0 Å². The number of alkyl halides is 1. The van der Waals surface area contributed by atoms with Gasteiger partial charge in [0.15, 0.2) is 0 Å². The monoisotopic (exact) mass is 273 g/mol. The third kappa shape index (κ3) is 3.21. The van der Waals surface area contributed by atoms with E-state index in [-0.39, 0.29) is 5.56 Å². The number of hydrogen-bond donors (Lipinski definition) is 0. The standard InChI is InChI=1S/C14H18ClF2N/c15-8-3-9-18(11-4-1-5-11)10-12-13(16)6-2-7-14(12)17/h2,6-7,11H,1,3-5,8-10H2. The van der Waals surface area contributed by atoms with Crippen LogP contribution in [-0.4, -0.2) is 23.4 Å². The van der Waals surface area contributed by atoms with Gasteiger partial charge in [0.05, 0.1) is 0 Å². The maximum absolute atomic E-state index is 13.6. The average molecular weight is 274 g/mol. The van der Waals surface area contributed by atoms with Crippen LogP contribution in [0.25, 0.3) is 0 Å². The number of nitrogens with zero attached hydrogens (tertiary/aromatic N) is 1. The van der Waals surface area contributed by atoms with Crippen LogP contribution < -0.4 is 0 Å². The number of benzene rings is 1. The molecule has 0 radical (unpaired) electrons. The molecule has 18 heavy (non-hydrogen) atoms. The van der Waals surface area contributed by atoms with E-state index in [0.29, 0.717) is 18.5 Å². The Bertz CT molecular complexity index is 373. The molecule has 0 atom stereocenters. The van der Waals surface area contributed by atoms with Crippen LogP contribution in [0.1, 0.15) is 31.2 Å². The lowest BCUT2D eigenvalue weighted by Gasteiger charge is -2.37. The molecule has 1 aromatic rings. The van der Waals surface area contributed by atoms with Crippen molar-refractivity contribution in [2.75, 3.05) is 12.4 Å². The summed E-state index contributed by atoms with van der Waals surface area (Å²) in [5.41, 5.74) is 0.180. The molecule has 0 bridgehead atoms. The van der Waals surface area contributed by atoms with Crippen LogP contribution in [0.4, 0.5) is 8.78 Å². The summed E-state index contributed by atoms with van der Waals surface area (Å²) in [6.07, 6.45) is 4.31. The van der Waals surface area contributed by atoms with Gasteiger partial charge in [0.2, 0.25) is 0 Å². The molecular weight excluding hydrogens is 256 g/mol. The van der Waals surface area contributed by atoms with E-state index in [1.165, 1.54) is 24.6 Å². The van der Waals surface area contributed by atoms with Gasteiger partial charge in [-0.1, -0.05) is 12.5 Å². The summed E-state index contributed by atoms with van der Waals surface area (Å²) in [7, 11) is 0. The van der Waals surface area contributed by atoms with Gasteiger partial charge in [-0.2, -0.15) is 0 Å². The summed E-state index contributed by atoms with van der Waals surface area (Å²) in [4.78, 5) is 2.16. The Labute approximate surface area is 112 Å². The Kier molecular flexibility index (Phi) is 4.95.